The number of carbonyl (C=O) groups is 2. The lowest BCUT2D eigenvalue weighted by Crippen LogP contribution is -2.40. The molecule has 2 fully saturated rings. The van der Waals surface area contributed by atoms with Crippen LogP contribution < -0.4 is 14.8 Å². The fraction of sp³-hybridized carbons (Fsp3) is 0.464. The molecule has 2 aliphatic carbocycles. The van der Waals surface area contributed by atoms with Gasteiger partial charge in [-0.05, 0) is 68.7 Å². The molecule has 0 saturated heterocycles. The predicted molar refractivity (Wildman–Crippen MR) is 151 cm³/mol. The number of benzene rings is 2. The maximum Gasteiger partial charge on any atom is 0.404 e. The normalized spacial score (nSPS) is 17.6. The number of hydrogen-bond acceptors (Lipinski definition) is 6. The number of nitrogens with one attached hydrogen (secondary N) is 2. The standard InChI is InChI=1S/C27H30F3N3O3S2.CH2O2/c1-16(27(28,29)30)33-38(35)22-15-14-21(19-12-5-6-13-20(19)22)23-25(36-18-10-3-2-4-11-18)32-26(37-23)24(34)31-17-8-7-9-17;2-1-3/h5-6,12-18,33H,2-4,7-11H2,1H3,(H,31,34);1H,(H,2,3). The summed E-state index contributed by atoms with van der Waals surface area (Å²) in [6.45, 7) is 0.691. The Labute approximate surface area is 242 Å². The zero-order chi connectivity index (χ0) is 29.6. The molecule has 0 bridgehead atoms. The molecular formula is C28H32F3N3O5S2. The predicted octanol–water partition coefficient (Wildman–Crippen LogP) is 6.22. The van der Waals surface area contributed by atoms with Gasteiger partial charge in [0.25, 0.3) is 12.4 Å². The highest BCUT2D eigenvalue weighted by atomic mass is 32.2. The summed E-state index contributed by atoms with van der Waals surface area (Å²) in [4.78, 5) is 26.9. The number of thiazole rings is 1. The first-order valence-electron chi connectivity index (χ1n) is 13.4. The number of alkyl halides is 3. The third-order valence-electron chi connectivity index (χ3n) is 7.16. The fourth-order valence-electron chi connectivity index (χ4n) is 4.72. The Kier molecular flexibility index (Phi) is 10.4. The molecule has 1 heterocycles. The molecule has 2 aliphatic rings. The number of ether oxygens (including phenoxy) is 1. The van der Waals surface area contributed by atoms with Crippen molar-refractivity contribution in [2.75, 3.05) is 0 Å². The number of aromatic nitrogens is 1. The van der Waals surface area contributed by atoms with Crippen LogP contribution in [0.15, 0.2) is 41.3 Å². The molecule has 41 heavy (non-hydrogen) atoms. The van der Waals surface area contributed by atoms with Gasteiger partial charge in [0.05, 0.1) is 9.77 Å². The molecule has 0 aliphatic heterocycles. The van der Waals surface area contributed by atoms with Crippen molar-refractivity contribution in [2.24, 2.45) is 0 Å². The van der Waals surface area contributed by atoms with Crippen molar-refractivity contribution in [1.29, 1.82) is 0 Å². The molecule has 222 valence electrons. The molecule has 2 saturated carbocycles. The molecule has 1 aromatic heterocycles. The Balaban J connectivity index is 0.00000124. The summed E-state index contributed by atoms with van der Waals surface area (Å²) in [6.07, 6.45) is 3.67. The minimum Gasteiger partial charge on any atom is -0.483 e. The molecule has 2 atom stereocenters. The van der Waals surface area contributed by atoms with Gasteiger partial charge in [0.15, 0.2) is 5.01 Å². The average Bonchev–Trinajstić information content (AvgIpc) is 3.34. The fourth-order valence-corrected chi connectivity index (χ4v) is 6.81. The van der Waals surface area contributed by atoms with Gasteiger partial charge in [0, 0.05) is 11.6 Å². The van der Waals surface area contributed by atoms with Crippen molar-refractivity contribution in [2.45, 2.75) is 87.5 Å². The van der Waals surface area contributed by atoms with Crippen molar-refractivity contribution in [3.63, 3.8) is 0 Å². The molecule has 2 unspecified atom stereocenters. The molecule has 0 spiro atoms. The van der Waals surface area contributed by atoms with Crippen molar-refractivity contribution in [3.8, 4) is 16.3 Å². The second kappa shape index (κ2) is 13.8. The molecule has 13 heteroatoms. The summed E-state index contributed by atoms with van der Waals surface area (Å²) >= 11 is 1.24. The zero-order valence-electron chi connectivity index (χ0n) is 22.4. The zero-order valence-corrected chi connectivity index (χ0v) is 24.0. The Morgan fingerprint density at radius 3 is 2.37 bits per heavy atom. The minimum atomic E-state index is -4.52. The van der Waals surface area contributed by atoms with Crippen LogP contribution in [-0.4, -0.2) is 51.0 Å². The average molecular weight is 612 g/mol. The Bertz CT molecular complexity index is 1390. The van der Waals surface area contributed by atoms with Gasteiger partial charge in [-0.2, -0.15) is 18.2 Å². The van der Waals surface area contributed by atoms with Crippen LogP contribution in [0.3, 0.4) is 0 Å². The van der Waals surface area contributed by atoms with Crippen molar-refractivity contribution in [1.82, 2.24) is 15.0 Å². The van der Waals surface area contributed by atoms with Crippen LogP contribution in [0.4, 0.5) is 13.2 Å². The minimum absolute atomic E-state index is 0.0123. The molecule has 1 amide bonds. The maximum absolute atomic E-state index is 13.1. The van der Waals surface area contributed by atoms with Crippen LogP contribution in [0.1, 0.15) is 68.1 Å². The number of amides is 1. The summed E-state index contributed by atoms with van der Waals surface area (Å²) in [5.41, 5.74) is 0.733. The lowest BCUT2D eigenvalue weighted by molar-refractivity contribution is -0.146. The molecule has 2 aromatic carbocycles. The Morgan fingerprint density at radius 2 is 1.76 bits per heavy atom. The van der Waals surface area contributed by atoms with Crippen LogP contribution in [0.2, 0.25) is 0 Å². The van der Waals surface area contributed by atoms with Crippen LogP contribution in [0.5, 0.6) is 5.88 Å². The van der Waals surface area contributed by atoms with Gasteiger partial charge in [-0.25, -0.2) is 8.93 Å². The molecule has 3 aromatic rings. The van der Waals surface area contributed by atoms with E-state index in [1.165, 1.54) is 17.8 Å². The third-order valence-corrected chi connectivity index (χ3v) is 9.56. The number of carbonyl (C=O) groups excluding carboxylic acids is 1. The molecule has 8 nitrogen and oxygen atoms in total. The van der Waals surface area contributed by atoms with E-state index in [2.05, 4.69) is 15.0 Å². The molecule has 0 radical (unpaired) electrons. The second-order valence-electron chi connectivity index (χ2n) is 10.0. The van der Waals surface area contributed by atoms with Crippen LogP contribution in [0, 0.1) is 0 Å². The maximum atomic E-state index is 13.1. The molecular weight excluding hydrogens is 579 g/mol. The van der Waals surface area contributed by atoms with Gasteiger partial charge in [0.2, 0.25) is 5.88 Å². The number of fused-ring (bicyclic) bond motifs is 1. The topological polar surface area (TPSA) is 118 Å². The van der Waals surface area contributed by atoms with Crippen molar-refractivity contribution in [3.05, 3.63) is 41.4 Å². The first-order chi connectivity index (χ1) is 19.6. The summed E-state index contributed by atoms with van der Waals surface area (Å²) in [5.74, 6) is 0.162. The smallest absolute Gasteiger partial charge is 0.404 e. The lowest BCUT2D eigenvalue weighted by Gasteiger charge is -2.25. The Morgan fingerprint density at radius 1 is 1.10 bits per heavy atom. The largest absolute Gasteiger partial charge is 0.483 e. The SMILES string of the molecule is CC(NS(=O)c1ccc(-c2sc(C(=O)NC3CCC3)nc2OC2CCCCC2)c2ccccc12)C(F)(F)F.O=CO. The number of carboxylic acid groups (broad SMARTS) is 1. The quantitative estimate of drug-likeness (QED) is 0.260. The summed E-state index contributed by atoms with van der Waals surface area (Å²) < 4.78 is 60.7. The van der Waals surface area contributed by atoms with Gasteiger partial charge in [0.1, 0.15) is 23.1 Å². The van der Waals surface area contributed by atoms with Crippen molar-refractivity contribution >= 4 is 45.5 Å². The van der Waals surface area contributed by atoms with Gasteiger partial charge >= 0.3 is 6.18 Å². The molecule has 3 N–H and O–H groups in total. The van der Waals surface area contributed by atoms with E-state index in [-0.39, 0.29) is 29.4 Å². The number of rotatable bonds is 8. The van der Waals surface area contributed by atoms with Gasteiger partial charge < -0.3 is 15.2 Å². The highest BCUT2D eigenvalue weighted by molar-refractivity contribution is 7.83. The van der Waals surface area contributed by atoms with Crippen LogP contribution in [-0.2, 0) is 15.8 Å². The summed E-state index contributed by atoms with van der Waals surface area (Å²) in [6, 6.07) is 8.66. The van der Waals surface area contributed by atoms with Crippen LogP contribution >= 0.6 is 11.3 Å². The lowest BCUT2D eigenvalue weighted by atomic mass is 9.93. The van der Waals surface area contributed by atoms with Crippen molar-refractivity contribution < 1.29 is 36.8 Å². The summed E-state index contributed by atoms with van der Waals surface area (Å²) in [7, 11) is -2.09. The van der Waals surface area contributed by atoms with E-state index in [1.807, 2.05) is 12.1 Å². The van der Waals surface area contributed by atoms with E-state index in [0.717, 1.165) is 57.4 Å². The van der Waals surface area contributed by atoms with E-state index in [1.54, 1.807) is 24.3 Å². The number of nitrogens with zero attached hydrogens (tertiary/aromatic N) is 1. The first kappa shape index (κ1) is 30.9. The van der Waals surface area contributed by atoms with E-state index in [0.29, 0.717) is 26.5 Å². The number of hydrogen-bond donors (Lipinski definition) is 3. The second-order valence-corrected chi connectivity index (χ2v) is 12.3. The third kappa shape index (κ3) is 7.63. The van der Waals surface area contributed by atoms with Gasteiger partial charge in [-0.1, -0.05) is 36.8 Å². The molecule has 5 rings (SSSR count). The van der Waals surface area contributed by atoms with Gasteiger partial charge in [-0.3, -0.25) is 9.59 Å². The first-order valence-corrected chi connectivity index (χ1v) is 15.4. The van der Waals surface area contributed by atoms with E-state index in [9.17, 15) is 22.2 Å². The van der Waals surface area contributed by atoms with Gasteiger partial charge in [-0.15, -0.1) is 11.3 Å². The number of halogens is 3. The summed E-state index contributed by atoms with van der Waals surface area (Å²) in [5, 5.41) is 11.5. The van der Waals surface area contributed by atoms with E-state index < -0.39 is 23.2 Å². The van der Waals surface area contributed by atoms with Crippen LogP contribution in [0.25, 0.3) is 21.2 Å². The highest BCUT2D eigenvalue weighted by Crippen LogP contribution is 2.42. The highest BCUT2D eigenvalue weighted by Gasteiger charge is 2.37. The van der Waals surface area contributed by atoms with E-state index >= 15 is 0 Å². The monoisotopic (exact) mass is 611 g/mol. The van der Waals surface area contributed by atoms with E-state index in [4.69, 9.17) is 14.6 Å². The Hall–Kier alpha value is -3.03.